The molecule has 1 fully saturated rings. The van der Waals surface area contributed by atoms with E-state index in [2.05, 4.69) is 5.32 Å². The molecule has 1 heterocycles. The summed E-state index contributed by atoms with van der Waals surface area (Å²) in [5, 5.41) is 2.61. The van der Waals surface area contributed by atoms with E-state index >= 15 is 0 Å². The fourth-order valence-corrected chi connectivity index (χ4v) is 4.54. The molecule has 2 rings (SSSR count). The fourth-order valence-electron chi connectivity index (χ4n) is 2.70. The summed E-state index contributed by atoms with van der Waals surface area (Å²) in [6.45, 7) is 4.41. The van der Waals surface area contributed by atoms with Crippen LogP contribution in [-0.4, -0.2) is 38.8 Å². The highest BCUT2D eigenvalue weighted by Crippen LogP contribution is 2.26. The summed E-state index contributed by atoms with van der Waals surface area (Å²) in [7, 11) is -1.95. The predicted octanol–water partition coefficient (Wildman–Crippen LogP) is 1.45. The molecule has 1 N–H and O–H groups in total. The van der Waals surface area contributed by atoms with E-state index in [4.69, 9.17) is 0 Å². The van der Waals surface area contributed by atoms with Gasteiger partial charge in [-0.3, -0.25) is 4.79 Å². The molecule has 116 valence electrons. The summed E-state index contributed by atoms with van der Waals surface area (Å²) in [4.78, 5) is 12.1. The number of carbonyl (C=O) groups excluding carboxylic acids is 1. The van der Waals surface area contributed by atoms with Gasteiger partial charge < -0.3 is 5.32 Å². The Hall–Kier alpha value is -1.40. The molecule has 1 saturated heterocycles. The van der Waals surface area contributed by atoms with E-state index < -0.39 is 10.0 Å². The zero-order valence-electron chi connectivity index (χ0n) is 12.7. The van der Waals surface area contributed by atoms with Crippen LogP contribution in [0.4, 0.5) is 0 Å². The van der Waals surface area contributed by atoms with Gasteiger partial charge in [-0.25, -0.2) is 8.42 Å². The maximum Gasteiger partial charge on any atom is 0.243 e. The van der Waals surface area contributed by atoms with Gasteiger partial charge in [0.05, 0.1) is 10.8 Å². The summed E-state index contributed by atoms with van der Waals surface area (Å²) in [5.74, 6) is -0.348. The number of aryl methyl sites for hydroxylation is 2. The Labute approximate surface area is 126 Å². The van der Waals surface area contributed by atoms with Crippen LogP contribution in [0.5, 0.6) is 0 Å². The van der Waals surface area contributed by atoms with Gasteiger partial charge in [0.1, 0.15) is 0 Å². The molecule has 6 heteroatoms. The van der Waals surface area contributed by atoms with Crippen molar-refractivity contribution in [3.63, 3.8) is 0 Å². The standard InChI is InChI=1S/C15H22N2O3S/c1-11-6-7-12(2)14(9-11)21(19,20)17-8-4-5-13(10-17)15(18)16-3/h6-7,9,13H,4-5,8,10H2,1-3H3,(H,16,18)/t13-/m1/s1. The van der Waals surface area contributed by atoms with Gasteiger partial charge in [0.25, 0.3) is 0 Å². The van der Waals surface area contributed by atoms with Crippen molar-refractivity contribution in [2.75, 3.05) is 20.1 Å². The zero-order valence-corrected chi connectivity index (χ0v) is 13.5. The number of amides is 1. The van der Waals surface area contributed by atoms with Crippen LogP contribution in [0.3, 0.4) is 0 Å². The lowest BCUT2D eigenvalue weighted by atomic mass is 9.99. The average molecular weight is 310 g/mol. The topological polar surface area (TPSA) is 66.5 Å². The minimum absolute atomic E-state index is 0.0872. The first-order chi connectivity index (χ1) is 9.86. The molecule has 5 nitrogen and oxygen atoms in total. The monoisotopic (exact) mass is 310 g/mol. The van der Waals surface area contributed by atoms with Crippen molar-refractivity contribution in [1.29, 1.82) is 0 Å². The van der Waals surface area contributed by atoms with Crippen molar-refractivity contribution in [1.82, 2.24) is 9.62 Å². The molecule has 1 aliphatic heterocycles. The summed E-state index contributed by atoms with van der Waals surface area (Å²) in [5.41, 5.74) is 1.65. The Bertz CT molecular complexity index is 640. The van der Waals surface area contributed by atoms with Crippen LogP contribution in [-0.2, 0) is 14.8 Å². The third kappa shape index (κ3) is 3.27. The summed E-state index contributed by atoms with van der Waals surface area (Å²) < 4.78 is 27.1. The van der Waals surface area contributed by atoms with Gasteiger partial charge in [-0.15, -0.1) is 0 Å². The molecule has 1 aromatic carbocycles. The van der Waals surface area contributed by atoms with Gasteiger partial charge in [-0.2, -0.15) is 4.31 Å². The lowest BCUT2D eigenvalue weighted by Crippen LogP contribution is -2.44. The van der Waals surface area contributed by atoms with E-state index in [0.717, 1.165) is 17.5 Å². The molecule has 0 radical (unpaired) electrons. The largest absolute Gasteiger partial charge is 0.359 e. The zero-order chi connectivity index (χ0) is 15.6. The first-order valence-electron chi connectivity index (χ1n) is 7.15. The van der Waals surface area contributed by atoms with Gasteiger partial charge in [-0.1, -0.05) is 12.1 Å². The van der Waals surface area contributed by atoms with E-state index in [1.54, 1.807) is 20.0 Å². The normalized spacial score (nSPS) is 20.2. The number of nitrogens with one attached hydrogen (secondary N) is 1. The van der Waals surface area contributed by atoms with Crippen LogP contribution < -0.4 is 5.32 Å². The first-order valence-corrected chi connectivity index (χ1v) is 8.59. The molecular weight excluding hydrogens is 288 g/mol. The van der Waals surface area contributed by atoms with Crippen LogP contribution in [0.15, 0.2) is 23.1 Å². The van der Waals surface area contributed by atoms with Crippen LogP contribution in [0, 0.1) is 19.8 Å². The summed E-state index contributed by atoms with van der Waals surface area (Å²) in [6.07, 6.45) is 1.45. The van der Waals surface area contributed by atoms with Gasteiger partial charge in [0.2, 0.25) is 15.9 Å². The van der Waals surface area contributed by atoms with E-state index in [-0.39, 0.29) is 18.4 Å². The molecule has 0 aromatic heterocycles. The second kappa shape index (κ2) is 6.15. The van der Waals surface area contributed by atoms with Crippen molar-refractivity contribution in [2.45, 2.75) is 31.6 Å². The van der Waals surface area contributed by atoms with Gasteiger partial charge in [-0.05, 0) is 43.9 Å². The third-order valence-electron chi connectivity index (χ3n) is 3.96. The van der Waals surface area contributed by atoms with Crippen molar-refractivity contribution < 1.29 is 13.2 Å². The number of sulfonamides is 1. The van der Waals surface area contributed by atoms with E-state index in [1.165, 1.54) is 4.31 Å². The summed E-state index contributed by atoms with van der Waals surface area (Å²) in [6, 6.07) is 5.43. The van der Waals surface area contributed by atoms with Crippen LogP contribution in [0.2, 0.25) is 0 Å². The van der Waals surface area contributed by atoms with E-state index in [1.807, 2.05) is 19.1 Å². The molecule has 21 heavy (non-hydrogen) atoms. The molecule has 0 unspecified atom stereocenters. The quantitative estimate of drug-likeness (QED) is 0.919. The number of piperidine rings is 1. The highest BCUT2D eigenvalue weighted by molar-refractivity contribution is 7.89. The average Bonchev–Trinajstić information content (AvgIpc) is 2.49. The Balaban J connectivity index is 2.31. The highest BCUT2D eigenvalue weighted by Gasteiger charge is 2.33. The number of nitrogens with zero attached hydrogens (tertiary/aromatic N) is 1. The van der Waals surface area contributed by atoms with Crippen LogP contribution in [0.1, 0.15) is 24.0 Å². The van der Waals surface area contributed by atoms with Crippen LogP contribution >= 0.6 is 0 Å². The van der Waals surface area contributed by atoms with Crippen LogP contribution in [0.25, 0.3) is 0 Å². The Morgan fingerprint density at radius 1 is 1.33 bits per heavy atom. The molecule has 0 bridgehead atoms. The summed E-state index contributed by atoms with van der Waals surface area (Å²) >= 11 is 0. The lowest BCUT2D eigenvalue weighted by molar-refractivity contribution is -0.125. The molecule has 1 atom stereocenters. The molecular formula is C15H22N2O3S. The van der Waals surface area contributed by atoms with Crippen molar-refractivity contribution in [3.05, 3.63) is 29.3 Å². The molecule has 0 aliphatic carbocycles. The molecule has 0 spiro atoms. The third-order valence-corrected chi connectivity index (χ3v) is 5.97. The predicted molar refractivity (Wildman–Crippen MR) is 81.5 cm³/mol. The number of hydrogen-bond acceptors (Lipinski definition) is 3. The number of carbonyl (C=O) groups is 1. The maximum atomic E-state index is 12.8. The number of rotatable bonds is 3. The van der Waals surface area contributed by atoms with Crippen molar-refractivity contribution in [3.8, 4) is 0 Å². The van der Waals surface area contributed by atoms with E-state index in [0.29, 0.717) is 17.9 Å². The van der Waals surface area contributed by atoms with Gasteiger partial charge >= 0.3 is 0 Å². The number of benzene rings is 1. The Morgan fingerprint density at radius 3 is 2.71 bits per heavy atom. The first kappa shape index (κ1) is 16.0. The van der Waals surface area contributed by atoms with E-state index in [9.17, 15) is 13.2 Å². The highest BCUT2D eigenvalue weighted by atomic mass is 32.2. The molecule has 1 aliphatic rings. The Morgan fingerprint density at radius 2 is 2.05 bits per heavy atom. The van der Waals surface area contributed by atoms with Crippen molar-refractivity contribution >= 4 is 15.9 Å². The minimum Gasteiger partial charge on any atom is -0.359 e. The van der Waals surface area contributed by atoms with Crippen molar-refractivity contribution in [2.24, 2.45) is 5.92 Å². The minimum atomic E-state index is -3.54. The smallest absolute Gasteiger partial charge is 0.243 e. The SMILES string of the molecule is CNC(=O)[C@@H]1CCCN(S(=O)(=O)c2cc(C)ccc2C)C1. The molecule has 0 saturated carbocycles. The maximum absolute atomic E-state index is 12.8. The second-order valence-corrected chi connectivity index (χ2v) is 7.49. The molecule has 1 amide bonds. The van der Waals surface area contributed by atoms with Gasteiger partial charge in [0, 0.05) is 20.1 Å². The Kier molecular flexibility index (Phi) is 4.68. The lowest BCUT2D eigenvalue weighted by Gasteiger charge is -2.31. The molecule has 1 aromatic rings. The second-order valence-electron chi connectivity index (χ2n) is 5.59. The van der Waals surface area contributed by atoms with Gasteiger partial charge in [0.15, 0.2) is 0 Å². The number of hydrogen-bond donors (Lipinski definition) is 1. The fraction of sp³-hybridized carbons (Fsp3) is 0.533.